The van der Waals surface area contributed by atoms with Crippen LogP contribution in [0.2, 0.25) is 10.2 Å². The largest absolute Gasteiger partial charge is 0.338 e. The van der Waals surface area contributed by atoms with Gasteiger partial charge in [0, 0.05) is 31.3 Å². The molecule has 5 heteroatoms. The highest BCUT2D eigenvalue weighted by molar-refractivity contribution is 6.34. The summed E-state index contributed by atoms with van der Waals surface area (Å²) in [6, 6.07) is 1.62. The molecule has 3 nitrogen and oxygen atoms in total. The molecule has 1 aliphatic heterocycles. The van der Waals surface area contributed by atoms with Crippen LogP contribution in [0.25, 0.3) is 0 Å². The van der Waals surface area contributed by atoms with E-state index in [2.05, 4.69) is 18.8 Å². The van der Waals surface area contributed by atoms with Gasteiger partial charge >= 0.3 is 0 Å². The second kappa shape index (κ2) is 5.68. The topological polar surface area (TPSA) is 33.2 Å². The van der Waals surface area contributed by atoms with E-state index in [9.17, 15) is 4.79 Å². The van der Waals surface area contributed by atoms with Crippen molar-refractivity contribution >= 4 is 29.1 Å². The van der Waals surface area contributed by atoms with E-state index in [0.29, 0.717) is 23.1 Å². The third-order valence-electron chi connectivity index (χ3n) is 3.68. The molecule has 0 radical (unpaired) electrons. The van der Waals surface area contributed by atoms with Crippen LogP contribution in [0.3, 0.4) is 0 Å². The van der Waals surface area contributed by atoms with Gasteiger partial charge < -0.3 is 4.90 Å². The number of carbonyl (C=O) groups excluding carboxylic acids is 1. The minimum absolute atomic E-state index is 0.191. The lowest BCUT2D eigenvalue weighted by atomic mass is 9.85. The Labute approximate surface area is 123 Å². The van der Waals surface area contributed by atoms with E-state index in [1.54, 1.807) is 12.3 Å². The van der Waals surface area contributed by atoms with Crippen LogP contribution in [0, 0.1) is 5.41 Å². The van der Waals surface area contributed by atoms with Crippen LogP contribution in [0.4, 0.5) is 0 Å². The highest BCUT2D eigenvalue weighted by Crippen LogP contribution is 2.31. The number of carbonyl (C=O) groups is 1. The van der Waals surface area contributed by atoms with E-state index in [1.165, 1.54) is 0 Å². The van der Waals surface area contributed by atoms with Gasteiger partial charge in [0.15, 0.2) is 0 Å². The molecule has 0 aromatic carbocycles. The monoisotopic (exact) mass is 300 g/mol. The van der Waals surface area contributed by atoms with E-state index in [1.807, 2.05) is 4.90 Å². The fraction of sp³-hybridized carbons (Fsp3) is 0.571. The van der Waals surface area contributed by atoms with Crippen molar-refractivity contribution in [3.63, 3.8) is 0 Å². The minimum Gasteiger partial charge on any atom is -0.338 e. The number of hydrogen-bond acceptors (Lipinski definition) is 2. The Morgan fingerprint density at radius 1 is 1.37 bits per heavy atom. The van der Waals surface area contributed by atoms with Crippen LogP contribution in [0.15, 0.2) is 12.3 Å². The summed E-state index contributed by atoms with van der Waals surface area (Å²) in [7, 11) is 0. The summed E-state index contributed by atoms with van der Waals surface area (Å²) in [5, 5.41) is 0.938. The van der Waals surface area contributed by atoms with Gasteiger partial charge in [-0.3, -0.25) is 4.79 Å². The quantitative estimate of drug-likeness (QED) is 0.776. The third-order valence-corrected chi connectivity index (χ3v) is 4.24. The summed E-state index contributed by atoms with van der Waals surface area (Å²) in [4.78, 5) is 18.0. The highest BCUT2D eigenvalue weighted by Gasteiger charge is 2.27. The van der Waals surface area contributed by atoms with Crippen molar-refractivity contribution in [1.82, 2.24) is 9.88 Å². The van der Waals surface area contributed by atoms with Crippen molar-refractivity contribution in [2.75, 3.05) is 6.54 Å². The van der Waals surface area contributed by atoms with Crippen LogP contribution in [0.5, 0.6) is 0 Å². The van der Waals surface area contributed by atoms with Crippen molar-refractivity contribution in [2.24, 2.45) is 5.41 Å². The standard InChI is InChI=1S/C14H18Cl2N2O/c1-14(2)4-3-13(19)18(6-5-14)9-10-8-17-12(16)7-11(10)15/h7-8H,3-6,9H2,1-2H3. The molecule has 104 valence electrons. The molecule has 1 aromatic rings. The molecular formula is C14H18Cl2N2O. The second-order valence-electron chi connectivity index (χ2n) is 5.83. The average Bonchev–Trinajstić information content (AvgIpc) is 2.45. The Kier molecular flexibility index (Phi) is 4.36. The highest BCUT2D eigenvalue weighted by atomic mass is 35.5. The number of halogens is 2. The summed E-state index contributed by atoms with van der Waals surface area (Å²) in [5.74, 6) is 0.191. The van der Waals surface area contributed by atoms with Crippen LogP contribution in [-0.4, -0.2) is 22.3 Å². The number of hydrogen-bond donors (Lipinski definition) is 0. The van der Waals surface area contributed by atoms with E-state index in [-0.39, 0.29) is 11.3 Å². The summed E-state index contributed by atoms with van der Waals surface area (Å²) in [6.07, 6.45) is 4.20. The predicted molar refractivity (Wildman–Crippen MR) is 77.3 cm³/mol. The second-order valence-corrected chi connectivity index (χ2v) is 6.62. The van der Waals surface area contributed by atoms with Gasteiger partial charge in [0.2, 0.25) is 5.91 Å². The number of amides is 1. The Morgan fingerprint density at radius 2 is 2.11 bits per heavy atom. The Balaban J connectivity index is 2.11. The number of nitrogens with zero attached hydrogens (tertiary/aromatic N) is 2. The maximum absolute atomic E-state index is 12.1. The molecule has 0 aliphatic carbocycles. The Morgan fingerprint density at radius 3 is 2.79 bits per heavy atom. The normalized spacial score (nSPS) is 19.4. The van der Waals surface area contributed by atoms with Crippen molar-refractivity contribution in [2.45, 2.75) is 39.7 Å². The van der Waals surface area contributed by atoms with E-state index >= 15 is 0 Å². The van der Waals surface area contributed by atoms with E-state index in [0.717, 1.165) is 24.9 Å². The summed E-state index contributed by atoms with van der Waals surface area (Å²) in [5.41, 5.74) is 1.08. The number of aromatic nitrogens is 1. The van der Waals surface area contributed by atoms with Crippen LogP contribution in [-0.2, 0) is 11.3 Å². The van der Waals surface area contributed by atoms with Gasteiger partial charge in [-0.15, -0.1) is 0 Å². The van der Waals surface area contributed by atoms with Crippen LogP contribution < -0.4 is 0 Å². The lowest BCUT2D eigenvalue weighted by molar-refractivity contribution is -0.131. The number of rotatable bonds is 2. The Bertz CT molecular complexity index is 488. The molecule has 19 heavy (non-hydrogen) atoms. The maximum Gasteiger partial charge on any atom is 0.222 e. The third kappa shape index (κ3) is 3.83. The molecule has 0 saturated carbocycles. The first-order valence-electron chi connectivity index (χ1n) is 6.45. The van der Waals surface area contributed by atoms with Gasteiger partial charge in [-0.2, -0.15) is 0 Å². The predicted octanol–water partition coefficient (Wildman–Crippen LogP) is 3.93. The van der Waals surface area contributed by atoms with Gasteiger partial charge in [0.05, 0.1) is 5.02 Å². The molecular weight excluding hydrogens is 283 g/mol. The Hall–Kier alpha value is -0.800. The molecule has 2 heterocycles. The van der Waals surface area contributed by atoms with E-state index < -0.39 is 0 Å². The smallest absolute Gasteiger partial charge is 0.222 e. The molecule has 0 spiro atoms. The summed E-state index contributed by atoms with van der Waals surface area (Å²) < 4.78 is 0. The maximum atomic E-state index is 12.1. The van der Waals surface area contributed by atoms with Gasteiger partial charge in [-0.1, -0.05) is 37.0 Å². The van der Waals surface area contributed by atoms with Gasteiger partial charge in [-0.05, 0) is 24.3 Å². The molecule has 2 rings (SSSR count). The van der Waals surface area contributed by atoms with Crippen molar-refractivity contribution in [3.05, 3.63) is 28.0 Å². The molecule has 0 N–H and O–H groups in total. The van der Waals surface area contributed by atoms with E-state index in [4.69, 9.17) is 23.2 Å². The van der Waals surface area contributed by atoms with Crippen LogP contribution >= 0.6 is 23.2 Å². The van der Waals surface area contributed by atoms with Crippen molar-refractivity contribution < 1.29 is 4.79 Å². The molecule has 1 saturated heterocycles. The van der Waals surface area contributed by atoms with Crippen molar-refractivity contribution in [1.29, 1.82) is 0 Å². The molecule has 1 aromatic heterocycles. The summed E-state index contributed by atoms with van der Waals surface area (Å²) >= 11 is 11.9. The fourth-order valence-corrected chi connectivity index (χ4v) is 2.64. The lowest BCUT2D eigenvalue weighted by Gasteiger charge is -2.23. The summed E-state index contributed by atoms with van der Waals surface area (Å²) in [6.45, 7) is 5.70. The first-order chi connectivity index (χ1) is 8.87. The van der Waals surface area contributed by atoms with Gasteiger partial charge in [0.25, 0.3) is 0 Å². The minimum atomic E-state index is 0.191. The molecule has 1 fully saturated rings. The number of pyridine rings is 1. The first-order valence-corrected chi connectivity index (χ1v) is 7.21. The zero-order valence-electron chi connectivity index (χ0n) is 11.2. The first kappa shape index (κ1) is 14.6. The number of likely N-dealkylation sites (tertiary alicyclic amines) is 1. The average molecular weight is 301 g/mol. The lowest BCUT2D eigenvalue weighted by Crippen LogP contribution is -2.30. The SMILES string of the molecule is CC1(C)CCC(=O)N(Cc2cnc(Cl)cc2Cl)CC1. The van der Waals surface area contributed by atoms with Gasteiger partial charge in [0.1, 0.15) is 5.15 Å². The molecule has 0 unspecified atom stereocenters. The fourth-order valence-electron chi connectivity index (χ4n) is 2.22. The molecule has 0 bridgehead atoms. The van der Waals surface area contributed by atoms with Crippen molar-refractivity contribution in [3.8, 4) is 0 Å². The van der Waals surface area contributed by atoms with Gasteiger partial charge in [-0.25, -0.2) is 4.98 Å². The zero-order valence-corrected chi connectivity index (χ0v) is 12.8. The van der Waals surface area contributed by atoms with Crippen LogP contribution in [0.1, 0.15) is 38.7 Å². The molecule has 1 amide bonds. The molecule has 0 atom stereocenters. The molecule has 1 aliphatic rings. The zero-order chi connectivity index (χ0) is 14.0.